The first-order valence-corrected chi connectivity index (χ1v) is 5.58. The van der Waals surface area contributed by atoms with E-state index in [1.54, 1.807) is 6.92 Å². The number of nitrogens with zero attached hydrogens (tertiary/aromatic N) is 4. The molecule has 0 atom stereocenters. The maximum atomic E-state index is 11.7. The molecule has 104 valence electrons. The van der Waals surface area contributed by atoms with Crippen molar-refractivity contribution in [1.82, 2.24) is 20.6 Å². The number of carbonyl (C=O) groups is 1. The molecule has 1 heterocycles. The summed E-state index contributed by atoms with van der Waals surface area (Å²) in [6.07, 6.45) is 0. The van der Waals surface area contributed by atoms with E-state index in [2.05, 4.69) is 25.9 Å². The molecule has 0 bridgehead atoms. The van der Waals surface area contributed by atoms with Crippen molar-refractivity contribution in [2.45, 2.75) is 6.92 Å². The third-order valence-electron chi connectivity index (χ3n) is 2.27. The number of amides is 1. The van der Waals surface area contributed by atoms with E-state index < -0.39 is 10.8 Å². The zero-order chi connectivity index (χ0) is 14.5. The highest BCUT2D eigenvalue weighted by molar-refractivity contribution is 6.02. The predicted molar refractivity (Wildman–Crippen MR) is 66.4 cm³/mol. The summed E-state index contributed by atoms with van der Waals surface area (Å²) in [7, 11) is 0. The molecule has 0 radical (unpaired) electrons. The number of nitro groups is 1. The van der Waals surface area contributed by atoms with Crippen LogP contribution in [0.25, 0.3) is 0 Å². The van der Waals surface area contributed by atoms with Crippen molar-refractivity contribution in [3.05, 3.63) is 34.1 Å². The highest BCUT2D eigenvalue weighted by Gasteiger charge is 2.19. The van der Waals surface area contributed by atoms with Crippen molar-refractivity contribution in [3.63, 3.8) is 0 Å². The molecule has 2 aromatic rings. The number of aromatic nitrogens is 4. The van der Waals surface area contributed by atoms with Crippen LogP contribution in [0.2, 0.25) is 0 Å². The van der Waals surface area contributed by atoms with Crippen LogP contribution in [0.15, 0.2) is 18.2 Å². The van der Waals surface area contributed by atoms with E-state index in [-0.39, 0.29) is 17.2 Å². The summed E-state index contributed by atoms with van der Waals surface area (Å²) >= 11 is 0. The van der Waals surface area contributed by atoms with Crippen LogP contribution in [0.1, 0.15) is 17.5 Å². The highest BCUT2D eigenvalue weighted by atomic mass is 16.6. The van der Waals surface area contributed by atoms with Gasteiger partial charge in [0.2, 0.25) is 0 Å². The molecule has 10 nitrogen and oxygen atoms in total. The van der Waals surface area contributed by atoms with Crippen molar-refractivity contribution < 1.29 is 14.5 Å². The number of hydrogen-bond acceptors (Lipinski definition) is 7. The quantitative estimate of drug-likeness (QED) is 0.608. The molecule has 0 aliphatic rings. The van der Waals surface area contributed by atoms with E-state index in [1.165, 1.54) is 18.2 Å². The van der Waals surface area contributed by atoms with Crippen molar-refractivity contribution in [1.29, 1.82) is 0 Å². The Hall–Kier alpha value is -3.04. The van der Waals surface area contributed by atoms with Crippen molar-refractivity contribution in [2.75, 3.05) is 11.9 Å². The molecule has 0 saturated heterocycles. The summed E-state index contributed by atoms with van der Waals surface area (Å²) in [6, 6.07) is 4.12. The number of H-pyrrole nitrogens is 1. The van der Waals surface area contributed by atoms with Crippen LogP contribution < -0.4 is 10.1 Å². The van der Waals surface area contributed by atoms with Crippen LogP contribution in [-0.2, 0) is 0 Å². The van der Waals surface area contributed by atoms with Gasteiger partial charge in [-0.2, -0.15) is 5.21 Å². The number of anilines is 1. The molecule has 1 amide bonds. The summed E-state index contributed by atoms with van der Waals surface area (Å²) in [6.45, 7) is 2.14. The molecular weight excluding hydrogens is 268 g/mol. The molecule has 2 N–H and O–H groups in total. The molecule has 2 rings (SSSR count). The molecule has 10 heteroatoms. The van der Waals surface area contributed by atoms with Crippen molar-refractivity contribution in [2.24, 2.45) is 0 Å². The molecule has 20 heavy (non-hydrogen) atoms. The molecule has 0 aliphatic carbocycles. The van der Waals surface area contributed by atoms with E-state index >= 15 is 0 Å². The number of tetrazole rings is 1. The van der Waals surface area contributed by atoms with Gasteiger partial charge in [0.1, 0.15) is 11.4 Å². The average molecular weight is 278 g/mol. The lowest BCUT2D eigenvalue weighted by Crippen LogP contribution is -2.15. The zero-order valence-electron chi connectivity index (χ0n) is 10.4. The van der Waals surface area contributed by atoms with Gasteiger partial charge in [-0.1, -0.05) is 0 Å². The number of hydrogen-bond donors (Lipinski definition) is 2. The largest absolute Gasteiger partial charge is 0.494 e. The molecular formula is C10H10N6O4. The van der Waals surface area contributed by atoms with Crippen LogP contribution in [0.4, 0.5) is 11.4 Å². The van der Waals surface area contributed by atoms with Gasteiger partial charge in [0, 0.05) is 0 Å². The minimum Gasteiger partial charge on any atom is -0.494 e. The van der Waals surface area contributed by atoms with Gasteiger partial charge in [-0.15, -0.1) is 10.2 Å². The van der Waals surface area contributed by atoms with Crippen molar-refractivity contribution in [3.8, 4) is 5.75 Å². The van der Waals surface area contributed by atoms with Crippen LogP contribution >= 0.6 is 0 Å². The summed E-state index contributed by atoms with van der Waals surface area (Å²) < 4.78 is 5.17. The Morgan fingerprint density at radius 3 is 2.95 bits per heavy atom. The fraction of sp³-hybridized carbons (Fsp3) is 0.200. The van der Waals surface area contributed by atoms with Crippen molar-refractivity contribution >= 4 is 17.3 Å². The topological polar surface area (TPSA) is 136 Å². The van der Waals surface area contributed by atoms with E-state index in [9.17, 15) is 14.9 Å². The monoisotopic (exact) mass is 278 g/mol. The SMILES string of the molecule is CCOc1ccc(NC(=O)c2nn[nH]n2)c([N+](=O)[O-])c1. The van der Waals surface area contributed by atoms with Gasteiger partial charge in [-0.25, -0.2) is 0 Å². The van der Waals surface area contributed by atoms with Gasteiger partial charge < -0.3 is 10.1 Å². The number of carbonyl (C=O) groups excluding carboxylic acids is 1. The average Bonchev–Trinajstić information content (AvgIpc) is 2.94. The van der Waals surface area contributed by atoms with Crippen LogP contribution in [-0.4, -0.2) is 38.1 Å². The molecule has 0 spiro atoms. The van der Waals surface area contributed by atoms with Gasteiger partial charge in [0.15, 0.2) is 0 Å². The van der Waals surface area contributed by atoms with Gasteiger partial charge in [-0.3, -0.25) is 14.9 Å². The molecule has 0 unspecified atom stereocenters. The van der Waals surface area contributed by atoms with Gasteiger partial charge >= 0.3 is 0 Å². The van der Waals surface area contributed by atoms with E-state index in [1.807, 2.05) is 0 Å². The van der Waals surface area contributed by atoms with E-state index in [4.69, 9.17) is 4.74 Å². The Morgan fingerprint density at radius 1 is 1.55 bits per heavy atom. The molecule has 1 aromatic carbocycles. The zero-order valence-corrected chi connectivity index (χ0v) is 10.4. The number of aromatic amines is 1. The first-order valence-electron chi connectivity index (χ1n) is 5.58. The molecule has 1 aromatic heterocycles. The van der Waals surface area contributed by atoms with Crippen LogP contribution in [0.3, 0.4) is 0 Å². The molecule has 0 saturated carbocycles. The Balaban J connectivity index is 2.27. The Kier molecular flexibility index (Phi) is 3.84. The third kappa shape index (κ3) is 2.85. The second-order valence-corrected chi connectivity index (χ2v) is 3.56. The molecule has 0 fully saturated rings. The predicted octanol–water partition coefficient (Wildman–Crippen LogP) is 0.759. The lowest BCUT2D eigenvalue weighted by molar-refractivity contribution is -0.384. The van der Waals surface area contributed by atoms with Crippen LogP contribution in [0.5, 0.6) is 5.75 Å². The maximum Gasteiger partial charge on any atom is 0.297 e. The first kappa shape index (κ1) is 13.4. The maximum absolute atomic E-state index is 11.7. The second-order valence-electron chi connectivity index (χ2n) is 3.56. The number of rotatable bonds is 5. The number of nitrogens with one attached hydrogen (secondary N) is 2. The highest BCUT2D eigenvalue weighted by Crippen LogP contribution is 2.29. The summed E-state index contributed by atoms with van der Waals surface area (Å²) in [5.74, 6) is -0.573. The summed E-state index contributed by atoms with van der Waals surface area (Å²) in [4.78, 5) is 22.1. The molecule has 0 aliphatic heterocycles. The number of benzene rings is 1. The summed E-state index contributed by atoms with van der Waals surface area (Å²) in [5.41, 5.74) is -0.263. The van der Waals surface area contributed by atoms with Gasteiger partial charge in [-0.05, 0) is 24.3 Å². The number of ether oxygens (including phenoxy) is 1. The Bertz CT molecular complexity index is 627. The second kappa shape index (κ2) is 5.73. The normalized spacial score (nSPS) is 10.1. The lowest BCUT2D eigenvalue weighted by Gasteiger charge is -2.06. The number of nitro benzene ring substituents is 1. The Morgan fingerprint density at radius 2 is 2.35 bits per heavy atom. The fourth-order valence-corrected chi connectivity index (χ4v) is 1.46. The summed E-state index contributed by atoms with van der Waals surface area (Å²) in [5, 5.41) is 25.6. The van der Waals surface area contributed by atoms with Gasteiger partial charge in [0.05, 0.1) is 17.6 Å². The standard InChI is InChI=1S/C10H10N6O4/c1-2-20-6-3-4-7(8(5-6)16(18)19)11-10(17)9-12-14-15-13-9/h3-5H,2H2,1H3,(H,11,17)(H,12,13,14,15). The van der Waals surface area contributed by atoms with E-state index in [0.717, 1.165) is 0 Å². The Labute approximate surface area is 112 Å². The third-order valence-corrected chi connectivity index (χ3v) is 2.27. The fourth-order valence-electron chi connectivity index (χ4n) is 1.46. The van der Waals surface area contributed by atoms with Gasteiger partial charge in [0.25, 0.3) is 17.4 Å². The smallest absolute Gasteiger partial charge is 0.297 e. The lowest BCUT2D eigenvalue weighted by atomic mass is 10.2. The van der Waals surface area contributed by atoms with E-state index in [0.29, 0.717) is 12.4 Å². The minimum absolute atomic E-state index is 0.0215. The van der Waals surface area contributed by atoms with Crippen LogP contribution in [0, 0.1) is 10.1 Å². The minimum atomic E-state index is -0.703. The first-order chi connectivity index (χ1) is 9.61.